The van der Waals surface area contributed by atoms with E-state index < -0.39 is 30.1 Å². The molecule has 1 aromatic heterocycles. The second-order valence-corrected chi connectivity index (χ2v) is 7.38. The lowest BCUT2D eigenvalue weighted by atomic mass is 10.0. The molecule has 0 bridgehead atoms. The lowest BCUT2D eigenvalue weighted by Crippen LogP contribution is -2.43. The molecule has 1 aliphatic rings. The number of hydrogen-bond acceptors (Lipinski definition) is 3. The fraction of sp³-hybridized carbons (Fsp3) is 0.150. The number of hydrogen-bond donors (Lipinski definition) is 1. The van der Waals surface area contributed by atoms with Crippen LogP contribution >= 0.6 is 15.9 Å². The Morgan fingerprint density at radius 2 is 1.93 bits per heavy atom. The zero-order valence-electron chi connectivity index (χ0n) is 14.5. The molecule has 3 aromatic rings. The third-order valence-corrected chi connectivity index (χ3v) is 5.30. The summed E-state index contributed by atoms with van der Waals surface area (Å²) in [5, 5.41) is 10.1. The molecule has 2 aromatic carbocycles. The van der Waals surface area contributed by atoms with Gasteiger partial charge in [0.1, 0.15) is 18.1 Å². The van der Waals surface area contributed by atoms with Crippen molar-refractivity contribution in [3.63, 3.8) is 0 Å². The van der Waals surface area contributed by atoms with Crippen molar-refractivity contribution >= 4 is 44.6 Å². The average molecular weight is 445 g/mol. The highest BCUT2D eigenvalue weighted by Crippen LogP contribution is 2.31. The van der Waals surface area contributed by atoms with Crippen LogP contribution in [0.25, 0.3) is 10.9 Å². The second-order valence-electron chi connectivity index (χ2n) is 6.46. The number of imide groups is 1. The second kappa shape index (κ2) is 6.87. The molecule has 2 amide bonds. The minimum Gasteiger partial charge on any atom is -0.480 e. The van der Waals surface area contributed by atoms with Gasteiger partial charge < -0.3 is 9.67 Å². The van der Waals surface area contributed by atoms with Gasteiger partial charge in [0.05, 0.1) is 5.56 Å². The number of carboxylic acids is 1. The largest absolute Gasteiger partial charge is 0.480 e. The number of aliphatic carboxylic acids is 1. The third-order valence-electron chi connectivity index (χ3n) is 4.81. The minimum absolute atomic E-state index is 0.0985. The van der Waals surface area contributed by atoms with Crippen molar-refractivity contribution in [3.8, 4) is 0 Å². The van der Waals surface area contributed by atoms with Gasteiger partial charge in [-0.05, 0) is 36.2 Å². The number of nitrogens with zero attached hydrogens (tertiary/aromatic N) is 2. The van der Waals surface area contributed by atoms with Gasteiger partial charge in [-0.1, -0.05) is 34.1 Å². The molecule has 2 heterocycles. The molecule has 0 saturated carbocycles. The molecule has 0 spiro atoms. The summed E-state index contributed by atoms with van der Waals surface area (Å²) in [6, 6.07) is 11.1. The van der Waals surface area contributed by atoms with Gasteiger partial charge in [-0.15, -0.1) is 0 Å². The fourth-order valence-electron chi connectivity index (χ4n) is 3.63. The zero-order valence-corrected chi connectivity index (χ0v) is 16.1. The van der Waals surface area contributed by atoms with Crippen LogP contribution in [0, 0.1) is 5.82 Å². The predicted molar refractivity (Wildman–Crippen MR) is 103 cm³/mol. The standard InChI is InChI=1S/C20H14BrFN2O4/c21-11-5-6-14(15(22)9-11)19(27)23-8-7-13-12-3-1-2-4-16(12)24(10-17(25)26)18(13)20(23)28/h1-6,9H,7-8,10H2,(H,25,26). The summed E-state index contributed by atoms with van der Waals surface area (Å²) in [7, 11) is 0. The highest BCUT2D eigenvalue weighted by Gasteiger charge is 2.35. The van der Waals surface area contributed by atoms with Crippen LogP contribution < -0.4 is 0 Å². The number of fused-ring (bicyclic) bond motifs is 3. The van der Waals surface area contributed by atoms with Gasteiger partial charge in [0.25, 0.3) is 11.8 Å². The van der Waals surface area contributed by atoms with Crippen molar-refractivity contribution in [2.24, 2.45) is 0 Å². The maximum absolute atomic E-state index is 14.2. The Morgan fingerprint density at radius 3 is 2.64 bits per heavy atom. The Bertz CT molecular complexity index is 1150. The van der Waals surface area contributed by atoms with E-state index in [9.17, 15) is 23.9 Å². The Labute approximate surface area is 167 Å². The number of carboxylic acid groups (broad SMARTS) is 1. The van der Waals surface area contributed by atoms with Gasteiger partial charge in [-0.25, -0.2) is 4.39 Å². The number of halogens is 2. The highest BCUT2D eigenvalue weighted by atomic mass is 79.9. The zero-order chi connectivity index (χ0) is 20.0. The quantitative estimate of drug-likeness (QED) is 0.627. The van der Waals surface area contributed by atoms with E-state index in [1.807, 2.05) is 12.1 Å². The van der Waals surface area contributed by atoms with E-state index in [4.69, 9.17) is 0 Å². The smallest absolute Gasteiger partial charge is 0.323 e. The molecule has 0 radical (unpaired) electrons. The molecule has 1 aliphatic heterocycles. The Morgan fingerprint density at radius 1 is 1.18 bits per heavy atom. The Kier molecular flexibility index (Phi) is 4.50. The molecule has 1 N–H and O–H groups in total. The molecule has 0 atom stereocenters. The summed E-state index contributed by atoms with van der Waals surface area (Å²) >= 11 is 3.14. The summed E-state index contributed by atoms with van der Waals surface area (Å²) in [5.41, 5.74) is 1.29. The minimum atomic E-state index is -1.10. The lowest BCUT2D eigenvalue weighted by Gasteiger charge is -2.26. The third kappa shape index (κ3) is 2.90. The maximum Gasteiger partial charge on any atom is 0.323 e. The maximum atomic E-state index is 14.2. The molecule has 6 nitrogen and oxygen atoms in total. The number of rotatable bonds is 3. The predicted octanol–water partition coefficient (Wildman–Crippen LogP) is 3.47. The first-order valence-electron chi connectivity index (χ1n) is 8.51. The van der Waals surface area contributed by atoms with E-state index in [2.05, 4.69) is 15.9 Å². The van der Waals surface area contributed by atoms with Gasteiger partial charge in [-0.2, -0.15) is 0 Å². The molecular weight excluding hydrogens is 431 g/mol. The summed E-state index contributed by atoms with van der Waals surface area (Å²) in [4.78, 5) is 38.3. The van der Waals surface area contributed by atoms with Crippen molar-refractivity contribution in [1.82, 2.24) is 9.47 Å². The number of para-hydroxylation sites is 1. The van der Waals surface area contributed by atoms with E-state index in [1.165, 1.54) is 16.7 Å². The number of carbonyl (C=O) groups excluding carboxylic acids is 2. The van der Waals surface area contributed by atoms with Crippen molar-refractivity contribution in [1.29, 1.82) is 0 Å². The van der Waals surface area contributed by atoms with Crippen molar-refractivity contribution in [2.45, 2.75) is 13.0 Å². The normalized spacial score (nSPS) is 13.6. The van der Waals surface area contributed by atoms with Gasteiger partial charge >= 0.3 is 5.97 Å². The van der Waals surface area contributed by atoms with E-state index >= 15 is 0 Å². The van der Waals surface area contributed by atoms with E-state index in [1.54, 1.807) is 12.1 Å². The van der Waals surface area contributed by atoms with Crippen LogP contribution in [0.2, 0.25) is 0 Å². The first kappa shape index (κ1) is 18.4. The van der Waals surface area contributed by atoms with Crippen LogP contribution in [0.1, 0.15) is 26.4 Å². The Hall–Kier alpha value is -3.00. The van der Waals surface area contributed by atoms with Crippen LogP contribution in [0.5, 0.6) is 0 Å². The number of benzene rings is 2. The van der Waals surface area contributed by atoms with E-state index in [0.717, 1.165) is 16.4 Å². The van der Waals surface area contributed by atoms with Gasteiger partial charge in [0.15, 0.2) is 0 Å². The number of amides is 2. The summed E-state index contributed by atoms with van der Waals surface area (Å²) in [5.74, 6) is -3.19. The van der Waals surface area contributed by atoms with Gasteiger partial charge in [-0.3, -0.25) is 19.3 Å². The van der Waals surface area contributed by atoms with Crippen molar-refractivity contribution in [3.05, 3.63) is 69.6 Å². The summed E-state index contributed by atoms with van der Waals surface area (Å²) < 4.78 is 16.1. The molecule has 4 rings (SSSR count). The fourth-order valence-corrected chi connectivity index (χ4v) is 3.96. The highest BCUT2D eigenvalue weighted by molar-refractivity contribution is 9.10. The molecule has 28 heavy (non-hydrogen) atoms. The SMILES string of the molecule is O=C(O)Cn1c2c(c3ccccc31)CCN(C(=O)c1ccc(Br)cc1F)C2=O. The van der Waals surface area contributed by atoms with E-state index in [0.29, 0.717) is 22.0 Å². The number of aromatic nitrogens is 1. The topological polar surface area (TPSA) is 79.6 Å². The molecule has 0 saturated heterocycles. The van der Waals surface area contributed by atoms with Crippen molar-refractivity contribution < 1.29 is 23.9 Å². The first-order valence-corrected chi connectivity index (χ1v) is 9.31. The Balaban J connectivity index is 1.81. The van der Waals surface area contributed by atoms with Crippen LogP contribution in [-0.4, -0.2) is 38.9 Å². The van der Waals surface area contributed by atoms with Gasteiger partial charge in [0.2, 0.25) is 0 Å². The molecule has 0 unspecified atom stereocenters. The molecule has 8 heteroatoms. The van der Waals surface area contributed by atoms with Crippen LogP contribution in [0.4, 0.5) is 4.39 Å². The van der Waals surface area contributed by atoms with Crippen molar-refractivity contribution in [2.75, 3.05) is 6.54 Å². The molecular formula is C20H14BrFN2O4. The molecule has 0 aliphatic carbocycles. The summed E-state index contributed by atoms with van der Waals surface area (Å²) in [6.45, 7) is -0.308. The molecule has 142 valence electrons. The number of carbonyl (C=O) groups is 3. The van der Waals surface area contributed by atoms with E-state index in [-0.39, 0.29) is 17.8 Å². The molecule has 0 fully saturated rings. The van der Waals surface area contributed by atoms with Crippen LogP contribution in [0.3, 0.4) is 0 Å². The lowest BCUT2D eigenvalue weighted by molar-refractivity contribution is -0.137. The van der Waals surface area contributed by atoms with Gasteiger partial charge in [0, 0.05) is 21.9 Å². The monoisotopic (exact) mass is 444 g/mol. The first-order chi connectivity index (χ1) is 13.4. The summed E-state index contributed by atoms with van der Waals surface area (Å²) in [6.07, 6.45) is 0.373. The van der Waals surface area contributed by atoms with Crippen LogP contribution in [-0.2, 0) is 17.8 Å². The average Bonchev–Trinajstić information content (AvgIpc) is 2.96. The van der Waals surface area contributed by atoms with Crippen LogP contribution in [0.15, 0.2) is 46.9 Å².